The Morgan fingerprint density at radius 3 is 0.385 bits per heavy atom. The second kappa shape index (κ2) is 22.2. The van der Waals surface area contributed by atoms with E-state index in [1.54, 1.807) is 68.0 Å². The monoisotopic (exact) mass is 1230 g/mol. The van der Waals surface area contributed by atoms with Gasteiger partial charge in [0.1, 0.15) is 0 Å². The third-order valence-corrected chi connectivity index (χ3v) is 21.8. The van der Waals surface area contributed by atoms with Crippen LogP contribution in [0.1, 0.15) is 0 Å². The fourth-order valence-electron chi connectivity index (χ4n) is 9.68. The van der Waals surface area contributed by atoms with Crippen molar-refractivity contribution in [2.45, 2.75) is 0 Å². The van der Waals surface area contributed by atoms with Crippen molar-refractivity contribution < 1.29 is 0 Å². The van der Waals surface area contributed by atoms with Gasteiger partial charge in [-0.1, -0.05) is 142 Å². The summed E-state index contributed by atoms with van der Waals surface area (Å²) < 4.78 is 0. The third kappa shape index (κ3) is 10.4. The maximum atomic E-state index is 6.52. The molecule has 12 heteroatoms. The lowest BCUT2D eigenvalue weighted by Gasteiger charge is -2.25. The van der Waals surface area contributed by atoms with Gasteiger partial charge in [0.25, 0.3) is 0 Å². The highest BCUT2D eigenvalue weighted by Gasteiger charge is 2.33. The molecule has 6 heterocycles. The Morgan fingerprint density at radius 1 is 0.141 bits per heavy atom. The van der Waals surface area contributed by atoms with Crippen LogP contribution in [0.5, 0.6) is 0 Å². The second-order valence-electron chi connectivity index (χ2n) is 18.3. The normalized spacial score (nSPS) is 11.5. The number of rotatable bonds is 12. The molecule has 0 amide bonds. The van der Waals surface area contributed by atoms with Crippen LogP contribution in [-0.4, -0.2) is 0 Å². The Kier molecular flexibility index (Phi) is 14.8. The molecule has 6 aromatic heterocycles. The molecule has 0 saturated heterocycles. The van der Waals surface area contributed by atoms with E-state index in [0.717, 1.165) is 125 Å². The molecular weight excluding hydrogens is 1200 g/mol. The van der Waals surface area contributed by atoms with Gasteiger partial charge in [-0.15, -0.1) is 68.0 Å². The number of halogens is 6. The molecule has 78 heavy (non-hydrogen) atoms. The fraction of sp³-hybridized carbons (Fsp3) is 0. The molecule has 0 fully saturated rings. The molecule has 0 N–H and O–H groups in total. The summed E-state index contributed by atoms with van der Waals surface area (Å²) in [4.78, 5) is 13.7. The first-order chi connectivity index (χ1) is 38.1. The molecule has 0 aliphatic heterocycles. The summed E-state index contributed by atoms with van der Waals surface area (Å²) in [6.45, 7) is 0. The maximum Gasteiger partial charge on any atom is 0.0406 e. The Labute approximate surface area is 506 Å². The molecule has 0 bridgehead atoms. The van der Waals surface area contributed by atoms with Crippen LogP contribution in [0.4, 0.5) is 0 Å². The van der Waals surface area contributed by atoms with Gasteiger partial charge in [-0.05, 0) is 179 Å². The van der Waals surface area contributed by atoms with Crippen LogP contribution in [0, 0.1) is 0 Å². The van der Waals surface area contributed by atoms with E-state index in [-0.39, 0.29) is 0 Å². The third-order valence-electron chi connectivity index (χ3n) is 13.4. The lowest BCUT2D eigenvalue weighted by Crippen LogP contribution is -1.98. The van der Waals surface area contributed by atoms with Crippen LogP contribution in [0.25, 0.3) is 125 Å². The zero-order valence-corrected chi connectivity index (χ0v) is 49.9. The molecule has 13 rings (SSSR count). The van der Waals surface area contributed by atoms with Crippen LogP contribution in [0.15, 0.2) is 218 Å². The van der Waals surface area contributed by atoms with Gasteiger partial charge in [-0.3, -0.25) is 0 Å². The summed E-state index contributed by atoms with van der Waals surface area (Å²) in [6.07, 6.45) is 0. The van der Waals surface area contributed by atoms with Crippen LogP contribution in [-0.2, 0) is 0 Å². The van der Waals surface area contributed by atoms with E-state index in [9.17, 15) is 0 Å². The maximum absolute atomic E-state index is 6.52. The Morgan fingerprint density at radius 2 is 0.256 bits per heavy atom. The predicted octanol–water partition coefficient (Wildman–Crippen LogP) is 26.0. The van der Waals surface area contributed by atoms with Crippen LogP contribution in [0.3, 0.4) is 0 Å². The van der Waals surface area contributed by atoms with Gasteiger partial charge in [-0.2, -0.15) is 0 Å². The first-order valence-electron chi connectivity index (χ1n) is 24.5. The summed E-state index contributed by atoms with van der Waals surface area (Å²) in [5.74, 6) is 0. The molecule has 13 aromatic rings. The van der Waals surface area contributed by atoms with Gasteiger partial charge in [0.05, 0.1) is 0 Å². The highest BCUT2D eigenvalue weighted by Crippen LogP contribution is 2.62. The van der Waals surface area contributed by atoms with Gasteiger partial charge >= 0.3 is 0 Å². The minimum Gasteiger partial charge on any atom is -0.135 e. The molecule has 0 unspecified atom stereocenters. The molecule has 378 valence electrons. The van der Waals surface area contributed by atoms with E-state index in [0.29, 0.717) is 30.1 Å². The van der Waals surface area contributed by atoms with E-state index in [4.69, 9.17) is 69.6 Å². The van der Waals surface area contributed by atoms with Crippen molar-refractivity contribution in [2.24, 2.45) is 0 Å². The summed E-state index contributed by atoms with van der Waals surface area (Å²) >= 11 is 49.9. The van der Waals surface area contributed by atoms with Crippen LogP contribution in [0.2, 0.25) is 30.1 Å². The predicted molar refractivity (Wildman–Crippen MR) is 349 cm³/mol. The summed E-state index contributed by atoms with van der Waals surface area (Å²) in [5.41, 5.74) is 13.5. The van der Waals surface area contributed by atoms with Gasteiger partial charge in [0.2, 0.25) is 0 Å². The average molecular weight is 1230 g/mol. The van der Waals surface area contributed by atoms with E-state index < -0.39 is 0 Å². The zero-order chi connectivity index (χ0) is 53.0. The smallest absolute Gasteiger partial charge is 0.0406 e. The Hall–Kier alpha value is -5.52. The average Bonchev–Trinajstić information content (AvgIpc) is 4.41. The van der Waals surface area contributed by atoms with Crippen molar-refractivity contribution in [3.8, 4) is 125 Å². The standard InChI is InChI=1S/C66H36Cl6S6/c67-43-13-1-37(2-14-43)49-25-31-55(73-49)61-62(56-32-26-50(74-56)38-3-15-44(68)16-4-38)64(58-34-28-52(76-58)40-7-19-46(70)20-8-40)66(60-36-30-54(78-60)42-11-23-48(72)24-12-42)65(59-35-29-53(77-59)41-9-21-47(71)22-10-41)63(61)57-33-27-51(75-57)39-5-17-45(69)18-6-39/h1-36H. The highest BCUT2D eigenvalue weighted by atomic mass is 35.5. The lowest BCUT2D eigenvalue weighted by molar-refractivity contribution is 1.65. The molecule has 0 atom stereocenters. The Bertz CT molecular complexity index is 3550. The highest BCUT2D eigenvalue weighted by molar-refractivity contribution is 7.22. The van der Waals surface area contributed by atoms with Gasteiger partial charge < -0.3 is 0 Å². The number of thiophene rings is 6. The van der Waals surface area contributed by atoms with Crippen LogP contribution < -0.4 is 0 Å². The molecular formula is C66H36Cl6S6. The van der Waals surface area contributed by atoms with Gasteiger partial charge in [-0.25, -0.2) is 0 Å². The number of hydrogen-bond donors (Lipinski definition) is 0. The molecule has 7 aromatic carbocycles. The molecule has 0 aliphatic carbocycles. The van der Waals surface area contributed by atoms with E-state index in [2.05, 4.69) is 146 Å². The van der Waals surface area contributed by atoms with Crippen molar-refractivity contribution in [3.05, 3.63) is 249 Å². The first-order valence-corrected chi connectivity index (χ1v) is 31.6. The topological polar surface area (TPSA) is 0 Å². The minimum atomic E-state index is 0.698. The van der Waals surface area contributed by atoms with Crippen molar-refractivity contribution in [3.63, 3.8) is 0 Å². The molecule has 0 aliphatic rings. The molecule has 0 nitrogen and oxygen atoms in total. The lowest BCUT2D eigenvalue weighted by atomic mass is 9.82. The molecule has 0 spiro atoms. The van der Waals surface area contributed by atoms with Crippen molar-refractivity contribution in [2.75, 3.05) is 0 Å². The molecule has 0 radical (unpaired) electrons. The van der Waals surface area contributed by atoms with Crippen molar-refractivity contribution in [1.82, 2.24) is 0 Å². The minimum absolute atomic E-state index is 0.698. The number of hydrogen-bond acceptors (Lipinski definition) is 6. The van der Waals surface area contributed by atoms with Crippen molar-refractivity contribution in [1.29, 1.82) is 0 Å². The summed E-state index contributed by atoms with van der Waals surface area (Å²) in [7, 11) is 0. The SMILES string of the molecule is Clc1ccc(-c2ccc(-c3c(-c4ccc(-c5ccc(Cl)cc5)s4)c(-c4ccc(-c5ccc(Cl)cc5)s4)c(-c4ccc(-c5ccc(Cl)cc5)s4)c(-c4ccc(-c5ccc(Cl)cc5)s4)c3-c3ccc(-c4ccc(Cl)cc4)s3)s2)cc1. The summed E-state index contributed by atoms with van der Waals surface area (Å²) in [5, 5.41) is 4.19. The fourth-order valence-corrected chi connectivity index (χ4v) is 16.8. The quantitative estimate of drug-likeness (QED) is 0.114. The van der Waals surface area contributed by atoms with Crippen LogP contribution >= 0.6 is 138 Å². The summed E-state index contributed by atoms with van der Waals surface area (Å²) in [6, 6.07) is 76.4. The number of benzene rings is 7. The first kappa shape index (κ1) is 51.9. The Balaban J connectivity index is 1.21. The molecule has 0 saturated carbocycles. The van der Waals surface area contributed by atoms with Gasteiger partial charge in [0.15, 0.2) is 0 Å². The van der Waals surface area contributed by atoms with E-state index in [1.165, 1.54) is 0 Å². The van der Waals surface area contributed by atoms with E-state index >= 15 is 0 Å². The largest absolute Gasteiger partial charge is 0.135 e. The zero-order valence-electron chi connectivity index (χ0n) is 40.5. The van der Waals surface area contributed by atoms with Gasteiger partial charge in [0, 0.05) is 122 Å². The van der Waals surface area contributed by atoms with Crippen molar-refractivity contribution >= 4 is 138 Å². The second-order valence-corrected chi connectivity index (χ2v) is 27.4. The van der Waals surface area contributed by atoms with E-state index in [1.807, 2.05) is 72.8 Å².